The van der Waals surface area contributed by atoms with Crippen molar-refractivity contribution in [2.45, 2.75) is 26.5 Å². The fraction of sp³-hybridized carbons (Fsp3) is 0.368. The summed E-state index contributed by atoms with van der Waals surface area (Å²) in [5, 5.41) is 2.60. The van der Waals surface area contributed by atoms with E-state index in [1.54, 1.807) is 6.92 Å². The Balaban J connectivity index is 1.80. The lowest BCUT2D eigenvalue weighted by Crippen LogP contribution is -2.34. The van der Waals surface area contributed by atoms with E-state index in [-0.39, 0.29) is 5.91 Å². The number of carbonyl (C=O) groups is 2. The Labute approximate surface area is 158 Å². The third-order valence-electron chi connectivity index (χ3n) is 4.74. The molecule has 2 aliphatic rings. The molecule has 0 aromatic heterocycles. The van der Waals surface area contributed by atoms with Gasteiger partial charge in [-0.15, -0.1) is 0 Å². The minimum Gasteiger partial charge on any atom is -0.434 e. The first kappa shape index (κ1) is 19.3. The van der Waals surface area contributed by atoms with Gasteiger partial charge in [0, 0.05) is 25.6 Å². The van der Waals surface area contributed by atoms with Gasteiger partial charge in [-0.1, -0.05) is 30.3 Å². The average molecular weight is 390 g/mol. The lowest BCUT2D eigenvalue weighted by Gasteiger charge is -2.24. The number of esters is 1. The van der Waals surface area contributed by atoms with E-state index in [2.05, 4.69) is 5.32 Å². The zero-order valence-electron chi connectivity index (χ0n) is 15.5. The molecule has 0 bridgehead atoms. The van der Waals surface area contributed by atoms with E-state index in [0.717, 1.165) is 16.7 Å². The predicted octanol–water partition coefficient (Wildman–Crippen LogP) is 1.53. The van der Waals surface area contributed by atoms with Crippen molar-refractivity contribution >= 4 is 33.0 Å². The Hall–Kier alpha value is -2.45. The van der Waals surface area contributed by atoms with Crippen molar-refractivity contribution in [2.75, 3.05) is 19.3 Å². The fourth-order valence-corrected chi connectivity index (χ4v) is 4.05. The molecule has 1 amide bonds. The molecule has 2 heterocycles. The molecule has 0 saturated heterocycles. The van der Waals surface area contributed by atoms with Crippen LogP contribution in [-0.2, 0) is 24.3 Å². The van der Waals surface area contributed by atoms with E-state index >= 15 is 0 Å². The number of ether oxygens (including phenoxy) is 1. The minimum atomic E-state index is -3.17. The van der Waals surface area contributed by atoms with Crippen LogP contribution in [0.25, 0.3) is 11.1 Å². The SMILES string of the molecule is CC(=O)N[C@@H]1OC(=O)C(c2ccc(C3=CCN(S(C)(=O)=O)CC3)cc2)=C1C. The summed E-state index contributed by atoms with van der Waals surface area (Å²) in [5.74, 6) is -0.726. The van der Waals surface area contributed by atoms with Crippen LogP contribution in [0.1, 0.15) is 31.4 Å². The van der Waals surface area contributed by atoms with Crippen molar-refractivity contribution in [1.29, 1.82) is 0 Å². The number of cyclic esters (lactones) is 1. The molecule has 144 valence electrons. The first-order valence-electron chi connectivity index (χ1n) is 8.60. The molecule has 2 aliphatic heterocycles. The number of nitrogens with zero attached hydrogens (tertiary/aromatic N) is 1. The second-order valence-electron chi connectivity index (χ2n) is 6.72. The summed E-state index contributed by atoms with van der Waals surface area (Å²) in [4.78, 5) is 23.4. The highest BCUT2D eigenvalue weighted by Gasteiger charge is 2.32. The molecule has 1 N–H and O–H groups in total. The first-order chi connectivity index (χ1) is 12.7. The molecule has 7 nitrogen and oxygen atoms in total. The summed E-state index contributed by atoms with van der Waals surface area (Å²) in [5.41, 5.74) is 3.93. The highest BCUT2D eigenvalue weighted by atomic mass is 32.2. The van der Waals surface area contributed by atoms with Crippen LogP contribution >= 0.6 is 0 Å². The van der Waals surface area contributed by atoms with E-state index in [1.165, 1.54) is 17.5 Å². The van der Waals surface area contributed by atoms with Gasteiger partial charge in [-0.2, -0.15) is 4.31 Å². The second kappa shape index (κ2) is 7.28. The molecule has 27 heavy (non-hydrogen) atoms. The quantitative estimate of drug-likeness (QED) is 0.787. The van der Waals surface area contributed by atoms with Crippen LogP contribution in [0.15, 0.2) is 35.9 Å². The van der Waals surface area contributed by atoms with E-state index < -0.39 is 22.2 Å². The van der Waals surface area contributed by atoms with Gasteiger partial charge >= 0.3 is 5.97 Å². The summed E-state index contributed by atoms with van der Waals surface area (Å²) < 4.78 is 29.9. The summed E-state index contributed by atoms with van der Waals surface area (Å²) >= 11 is 0. The van der Waals surface area contributed by atoms with Crippen molar-refractivity contribution in [1.82, 2.24) is 9.62 Å². The molecule has 8 heteroatoms. The van der Waals surface area contributed by atoms with Gasteiger partial charge in [-0.05, 0) is 30.0 Å². The predicted molar refractivity (Wildman–Crippen MR) is 102 cm³/mol. The molecule has 1 aromatic carbocycles. The summed E-state index contributed by atoms with van der Waals surface area (Å²) in [6.45, 7) is 3.96. The maximum atomic E-state index is 12.2. The Morgan fingerprint density at radius 2 is 1.85 bits per heavy atom. The van der Waals surface area contributed by atoms with E-state index in [4.69, 9.17) is 4.74 Å². The maximum absolute atomic E-state index is 12.2. The maximum Gasteiger partial charge on any atom is 0.341 e. The van der Waals surface area contributed by atoms with Crippen LogP contribution in [0, 0.1) is 0 Å². The van der Waals surface area contributed by atoms with Crippen LogP contribution in [-0.4, -0.2) is 50.2 Å². The highest BCUT2D eigenvalue weighted by Crippen LogP contribution is 2.31. The van der Waals surface area contributed by atoms with Crippen LogP contribution in [0.2, 0.25) is 0 Å². The van der Waals surface area contributed by atoms with Crippen LogP contribution in [0.3, 0.4) is 0 Å². The Morgan fingerprint density at radius 1 is 1.22 bits per heavy atom. The summed E-state index contributed by atoms with van der Waals surface area (Å²) in [7, 11) is -3.17. The molecule has 0 unspecified atom stereocenters. The van der Waals surface area contributed by atoms with E-state index in [0.29, 0.717) is 30.7 Å². The summed E-state index contributed by atoms with van der Waals surface area (Å²) in [6, 6.07) is 7.51. The molecule has 0 fully saturated rings. The van der Waals surface area contributed by atoms with Crippen molar-refractivity contribution in [2.24, 2.45) is 0 Å². The summed E-state index contributed by atoms with van der Waals surface area (Å²) in [6.07, 6.45) is 3.04. The Kier molecular flexibility index (Phi) is 5.21. The number of amides is 1. The zero-order chi connectivity index (χ0) is 19.8. The monoisotopic (exact) mass is 390 g/mol. The van der Waals surface area contributed by atoms with Crippen molar-refractivity contribution < 1.29 is 22.7 Å². The molecule has 3 rings (SSSR count). The van der Waals surface area contributed by atoms with E-state index in [9.17, 15) is 18.0 Å². The largest absolute Gasteiger partial charge is 0.434 e. The molecule has 1 aromatic rings. The van der Waals surface area contributed by atoms with Crippen LogP contribution in [0.4, 0.5) is 0 Å². The Bertz CT molecular complexity index is 945. The third-order valence-corrected chi connectivity index (χ3v) is 6.01. The molecule has 1 atom stereocenters. The van der Waals surface area contributed by atoms with Gasteiger partial charge in [0.15, 0.2) is 6.23 Å². The highest BCUT2D eigenvalue weighted by molar-refractivity contribution is 7.88. The first-order valence-corrected chi connectivity index (χ1v) is 10.5. The standard InChI is InChI=1S/C19H22N2O5S/c1-12-17(19(23)26-18(12)20-13(2)22)16-6-4-14(5-7-16)15-8-10-21(11-9-15)27(3,24)25/h4-8,18H,9-11H2,1-3H3,(H,20,22)/t18-/m1/s1. The number of rotatable bonds is 4. The Morgan fingerprint density at radius 3 is 2.37 bits per heavy atom. The lowest BCUT2D eigenvalue weighted by atomic mass is 9.96. The average Bonchev–Trinajstić information content (AvgIpc) is 2.87. The van der Waals surface area contributed by atoms with Crippen LogP contribution in [0.5, 0.6) is 0 Å². The zero-order valence-corrected chi connectivity index (χ0v) is 16.3. The fourth-order valence-electron chi connectivity index (χ4n) is 3.28. The number of hydrogen-bond acceptors (Lipinski definition) is 5. The van der Waals surface area contributed by atoms with Gasteiger partial charge in [0.1, 0.15) is 0 Å². The van der Waals surface area contributed by atoms with E-state index in [1.807, 2.05) is 30.3 Å². The molecular weight excluding hydrogens is 368 g/mol. The lowest BCUT2D eigenvalue weighted by molar-refractivity contribution is -0.140. The number of benzene rings is 1. The topological polar surface area (TPSA) is 92.8 Å². The van der Waals surface area contributed by atoms with Crippen LogP contribution < -0.4 is 5.32 Å². The van der Waals surface area contributed by atoms with Gasteiger partial charge in [0.05, 0.1) is 11.8 Å². The molecular formula is C19H22N2O5S. The number of hydrogen-bond donors (Lipinski definition) is 1. The van der Waals surface area contributed by atoms with Gasteiger partial charge in [0.25, 0.3) is 0 Å². The molecule has 0 spiro atoms. The minimum absolute atomic E-state index is 0.267. The van der Waals surface area contributed by atoms with Gasteiger partial charge in [-0.3, -0.25) is 4.79 Å². The smallest absolute Gasteiger partial charge is 0.341 e. The number of nitrogens with one attached hydrogen (secondary N) is 1. The molecule has 0 saturated carbocycles. The third kappa shape index (κ3) is 4.12. The van der Waals surface area contributed by atoms with Gasteiger partial charge in [-0.25, -0.2) is 13.2 Å². The molecule has 0 radical (unpaired) electrons. The second-order valence-corrected chi connectivity index (χ2v) is 8.70. The van der Waals surface area contributed by atoms with Crippen molar-refractivity contribution in [3.05, 3.63) is 47.0 Å². The number of sulfonamides is 1. The van der Waals surface area contributed by atoms with Gasteiger partial charge < -0.3 is 10.1 Å². The molecule has 0 aliphatic carbocycles. The van der Waals surface area contributed by atoms with Crippen molar-refractivity contribution in [3.63, 3.8) is 0 Å². The van der Waals surface area contributed by atoms with Gasteiger partial charge in [0.2, 0.25) is 15.9 Å². The number of carbonyl (C=O) groups excluding carboxylic acids is 2. The normalized spacial score (nSPS) is 21.1. The van der Waals surface area contributed by atoms with Crippen molar-refractivity contribution in [3.8, 4) is 0 Å².